The van der Waals surface area contributed by atoms with Crippen LogP contribution in [0, 0.1) is 22.9 Å². The zero-order chi connectivity index (χ0) is 14.7. The highest BCUT2D eigenvalue weighted by molar-refractivity contribution is 9.10. The fourth-order valence-corrected chi connectivity index (χ4v) is 1.96. The lowest BCUT2D eigenvalue weighted by molar-refractivity contribution is -0.385. The molecule has 0 N–H and O–H groups in total. The Hall–Kier alpha value is -1.95. The van der Waals surface area contributed by atoms with Crippen LogP contribution in [0.3, 0.4) is 0 Å². The summed E-state index contributed by atoms with van der Waals surface area (Å²) < 4.78 is 19.6. The number of benzene rings is 2. The predicted molar refractivity (Wildman–Crippen MR) is 76.3 cm³/mol. The molecule has 2 rings (SSSR count). The molecule has 0 aliphatic carbocycles. The molecule has 0 atom stereocenters. The van der Waals surface area contributed by atoms with Crippen LogP contribution in [0.4, 0.5) is 10.1 Å². The van der Waals surface area contributed by atoms with Gasteiger partial charge in [-0.2, -0.15) is 0 Å². The van der Waals surface area contributed by atoms with E-state index in [9.17, 15) is 14.5 Å². The topological polar surface area (TPSA) is 52.4 Å². The third kappa shape index (κ3) is 3.33. The van der Waals surface area contributed by atoms with E-state index in [1.807, 2.05) is 13.0 Å². The summed E-state index contributed by atoms with van der Waals surface area (Å²) in [5, 5.41) is 10.9. The molecule has 2 aromatic carbocycles. The maximum Gasteiger partial charge on any atom is 0.276 e. The lowest BCUT2D eigenvalue weighted by Crippen LogP contribution is -2.01. The Labute approximate surface area is 123 Å². The van der Waals surface area contributed by atoms with Crippen molar-refractivity contribution in [1.82, 2.24) is 0 Å². The molecule has 0 bridgehead atoms. The van der Waals surface area contributed by atoms with E-state index in [1.54, 1.807) is 12.1 Å². The van der Waals surface area contributed by atoms with E-state index >= 15 is 0 Å². The number of nitro benzene ring substituents is 1. The highest BCUT2D eigenvalue weighted by Gasteiger charge is 2.15. The Morgan fingerprint density at radius 1 is 1.30 bits per heavy atom. The second-order valence-corrected chi connectivity index (χ2v) is 5.08. The maximum absolute atomic E-state index is 13.2. The second-order valence-electron chi connectivity index (χ2n) is 4.23. The minimum absolute atomic E-state index is 0.0604. The number of aryl methyl sites for hydroxylation is 1. The smallest absolute Gasteiger partial charge is 0.276 e. The molecule has 0 aliphatic rings. The monoisotopic (exact) mass is 339 g/mol. The van der Waals surface area contributed by atoms with Gasteiger partial charge in [0, 0.05) is 10.5 Å². The summed E-state index contributed by atoms with van der Waals surface area (Å²) in [5.41, 5.74) is 1.03. The van der Waals surface area contributed by atoms with Crippen LogP contribution >= 0.6 is 15.9 Å². The van der Waals surface area contributed by atoms with Gasteiger partial charge in [-0.3, -0.25) is 10.1 Å². The van der Waals surface area contributed by atoms with Crippen LogP contribution < -0.4 is 4.74 Å². The van der Waals surface area contributed by atoms with Gasteiger partial charge in [-0.05, 0) is 42.8 Å². The van der Waals surface area contributed by atoms with Crippen molar-refractivity contribution in [3.63, 3.8) is 0 Å². The molecule has 0 aromatic heterocycles. The molecule has 0 radical (unpaired) electrons. The average Bonchev–Trinajstić information content (AvgIpc) is 2.40. The third-order valence-electron chi connectivity index (χ3n) is 2.76. The Morgan fingerprint density at radius 3 is 2.70 bits per heavy atom. The molecule has 0 heterocycles. The molecule has 2 aromatic rings. The van der Waals surface area contributed by atoms with E-state index in [0.29, 0.717) is 5.75 Å². The summed E-state index contributed by atoms with van der Waals surface area (Å²) in [6.07, 6.45) is 0. The molecule has 104 valence electrons. The molecule has 0 unspecified atom stereocenters. The summed E-state index contributed by atoms with van der Waals surface area (Å²) in [4.78, 5) is 10.3. The Balaban J connectivity index is 2.20. The minimum atomic E-state index is -0.551. The number of nitrogens with zero attached hydrogens (tertiary/aromatic N) is 1. The highest BCUT2D eigenvalue weighted by Crippen LogP contribution is 2.24. The van der Waals surface area contributed by atoms with Crippen LogP contribution in [-0.2, 0) is 6.61 Å². The van der Waals surface area contributed by atoms with Crippen molar-refractivity contribution in [1.29, 1.82) is 0 Å². The van der Waals surface area contributed by atoms with E-state index in [1.165, 1.54) is 0 Å². The molecule has 0 amide bonds. The minimum Gasteiger partial charge on any atom is -0.489 e. The lowest BCUT2D eigenvalue weighted by atomic mass is 10.2. The molecule has 0 aliphatic heterocycles. The summed E-state index contributed by atoms with van der Waals surface area (Å²) in [5.74, 6) is 0.0467. The van der Waals surface area contributed by atoms with Gasteiger partial charge >= 0.3 is 0 Å². The van der Waals surface area contributed by atoms with Crippen LogP contribution in [0.15, 0.2) is 40.9 Å². The average molecular weight is 340 g/mol. The fourth-order valence-electron chi connectivity index (χ4n) is 1.72. The van der Waals surface area contributed by atoms with Crippen LogP contribution in [0.1, 0.15) is 11.1 Å². The Bertz CT molecular complexity index is 661. The number of halogens is 2. The van der Waals surface area contributed by atoms with Gasteiger partial charge in [0.25, 0.3) is 5.69 Å². The highest BCUT2D eigenvalue weighted by atomic mass is 79.9. The van der Waals surface area contributed by atoms with Gasteiger partial charge < -0.3 is 4.74 Å². The number of ether oxygens (including phenoxy) is 1. The summed E-state index contributed by atoms with van der Waals surface area (Å²) in [6.45, 7) is 1.84. The summed E-state index contributed by atoms with van der Waals surface area (Å²) >= 11 is 3.37. The first kappa shape index (κ1) is 14.5. The quantitative estimate of drug-likeness (QED) is 0.613. The van der Waals surface area contributed by atoms with Crippen molar-refractivity contribution in [2.45, 2.75) is 13.5 Å². The first-order chi connectivity index (χ1) is 9.47. The SMILES string of the molecule is Cc1cc(OCc2cc(F)ccc2[N+](=O)[O-])ccc1Br. The molecule has 0 spiro atoms. The van der Waals surface area contributed by atoms with Crippen molar-refractivity contribution < 1.29 is 14.1 Å². The Morgan fingerprint density at radius 2 is 2.05 bits per heavy atom. The third-order valence-corrected chi connectivity index (χ3v) is 3.65. The molecule has 0 saturated heterocycles. The number of rotatable bonds is 4. The van der Waals surface area contributed by atoms with Gasteiger partial charge in [0.05, 0.1) is 10.5 Å². The number of nitro groups is 1. The second kappa shape index (κ2) is 6.00. The van der Waals surface area contributed by atoms with E-state index < -0.39 is 10.7 Å². The van der Waals surface area contributed by atoms with Gasteiger partial charge in [0.1, 0.15) is 18.2 Å². The lowest BCUT2D eigenvalue weighted by Gasteiger charge is -2.08. The van der Waals surface area contributed by atoms with E-state index in [2.05, 4.69) is 15.9 Å². The fraction of sp³-hybridized carbons (Fsp3) is 0.143. The molecule has 20 heavy (non-hydrogen) atoms. The Kier molecular flexibility index (Phi) is 4.34. The zero-order valence-corrected chi connectivity index (χ0v) is 12.2. The molecule has 6 heteroatoms. The molecule has 0 saturated carbocycles. The normalized spacial score (nSPS) is 10.3. The van der Waals surface area contributed by atoms with E-state index in [4.69, 9.17) is 4.74 Å². The number of hydrogen-bond acceptors (Lipinski definition) is 3. The van der Waals surface area contributed by atoms with Gasteiger partial charge in [-0.15, -0.1) is 0 Å². The van der Waals surface area contributed by atoms with Crippen molar-refractivity contribution in [3.05, 3.63) is 67.9 Å². The van der Waals surface area contributed by atoms with Gasteiger partial charge in [0.2, 0.25) is 0 Å². The van der Waals surface area contributed by atoms with Gasteiger partial charge in [-0.25, -0.2) is 4.39 Å². The first-order valence-corrected chi connectivity index (χ1v) is 6.58. The summed E-state index contributed by atoms with van der Waals surface area (Å²) in [7, 11) is 0. The molecule has 4 nitrogen and oxygen atoms in total. The van der Waals surface area contributed by atoms with E-state index in [-0.39, 0.29) is 17.9 Å². The predicted octanol–water partition coefficient (Wildman–Crippen LogP) is 4.38. The zero-order valence-electron chi connectivity index (χ0n) is 10.6. The van der Waals surface area contributed by atoms with Gasteiger partial charge in [0.15, 0.2) is 0 Å². The van der Waals surface area contributed by atoms with Crippen LogP contribution in [0.25, 0.3) is 0 Å². The molecule has 0 fully saturated rings. The van der Waals surface area contributed by atoms with Crippen LogP contribution in [0.2, 0.25) is 0 Å². The van der Waals surface area contributed by atoms with Crippen molar-refractivity contribution in [3.8, 4) is 5.75 Å². The van der Waals surface area contributed by atoms with Crippen molar-refractivity contribution in [2.75, 3.05) is 0 Å². The molecular formula is C14H11BrFNO3. The van der Waals surface area contributed by atoms with Crippen molar-refractivity contribution >= 4 is 21.6 Å². The van der Waals surface area contributed by atoms with E-state index in [0.717, 1.165) is 28.2 Å². The first-order valence-electron chi connectivity index (χ1n) is 5.79. The standard InChI is InChI=1S/C14H11BrFNO3/c1-9-6-12(3-4-13(9)15)20-8-10-7-11(16)2-5-14(10)17(18)19/h2-7H,8H2,1H3. The van der Waals surface area contributed by atoms with Crippen LogP contribution in [-0.4, -0.2) is 4.92 Å². The largest absolute Gasteiger partial charge is 0.489 e. The van der Waals surface area contributed by atoms with Gasteiger partial charge in [-0.1, -0.05) is 15.9 Å². The summed E-state index contributed by atoms with van der Waals surface area (Å²) in [6, 6.07) is 8.68. The molecular weight excluding hydrogens is 329 g/mol. The number of hydrogen-bond donors (Lipinski definition) is 0. The van der Waals surface area contributed by atoms with Crippen LogP contribution in [0.5, 0.6) is 5.75 Å². The van der Waals surface area contributed by atoms with Crippen molar-refractivity contribution in [2.24, 2.45) is 0 Å². The maximum atomic E-state index is 13.2.